The number of carboxylic acid groups (broad SMARTS) is 1. The van der Waals surface area contributed by atoms with E-state index in [-0.39, 0.29) is 25.7 Å². The van der Waals surface area contributed by atoms with Gasteiger partial charge in [0.25, 0.3) is 11.8 Å². The topological polar surface area (TPSA) is 202 Å². The van der Waals surface area contributed by atoms with E-state index in [4.69, 9.17) is 12.8 Å². The van der Waals surface area contributed by atoms with Gasteiger partial charge in [0, 0.05) is 13.8 Å². The zero-order valence-corrected chi connectivity index (χ0v) is 23.8. The maximum absolute atomic E-state index is 14.0. The molecule has 12 heteroatoms. The molecule has 0 aliphatic heterocycles. The lowest BCUT2D eigenvalue weighted by atomic mass is 9.92. The summed E-state index contributed by atoms with van der Waals surface area (Å²) in [5.41, 5.74) is 12.3. The molecule has 0 bridgehead atoms. The lowest BCUT2D eigenvalue weighted by Gasteiger charge is -2.38. The van der Waals surface area contributed by atoms with Crippen LogP contribution in [0.15, 0.2) is 0 Å². The molecule has 38 heavy (non-hydrogen) atoms. The van der Waals surface area contributed by atoms with Crippen molar-refractivity contribution in [2.24, 2.45) is 35.1 Å². The van der Waals surface area contributed by atoms with Crippen LogP contribution in [0.1, 0.15) is 76.5 Å². The number of hydrogen-bond acceptors (Lipinski definition) is 8. The molecule has 5 atom stereocenters. The zero-order valence-electron chi connectivity index (χ0n) is 24.8. The Bertz CT molecular complexity index is 894. The maximum atomic E-state index is 14.0. The summed E-state index contributed by atoms with van der Waals surface area (Å²) in [6, 6.07) is -6.64. The van der Waals surface area contributed by atoms with Crippen LogP contribution in [0.3, 0.4) is 0 Å². The summed E-state index contributed by atoms with van der Waals surface area (Å²) in [7, 11) is 0. The van der Waals surface area contributed by atoms with Gasteiger partial charge in [-0.05, 0) is 30.1 Å². The minimum Gasteiger partial charge on any atom is -0.480 e. The average molecular weight is 543 g/mol. The first-order chi connectivity index (χ1) is 17.9. The van der Waals surface area contributed by atoms with Crippen LogP contribution in [-0.4, -0.2) is 75.6 Å². The lowest BCUT2D eigenvalue weighted by Crippen LogP contribution is -2.67. The normalized spacial score (nSPS) is 15.9. The van der Waals surface area contributed by atoms with Gasteiger partial charge in [0.15, 0.2) is 0 Å². The van der Waals surface area contributed by atoms with Crippen molar-refractivity contribution in [2.45, 2.75) is 105 Å². The predicted octanol–water partition coefficient (Wildman–Crippen LogP) is 0.412. The second-order valence-corrected chi connectivity index (χ2v) is 10.9. The maximum Gasteiger partial charge on any atom is 0.326 e. The SMILES string of the molecule is [2H]CCCC(=O)C(=O)N(C(=O)[C@@H](NC(=O)[C@@H](N)C(C)C)C(C)C)[C@H](C(=O)N[C@H](C(=O)O)C(C)C)[C@@H](N)C(C)C. The number of nitrogens with zero attached hydrogens (tertiary/aromatic N) is 1. The van der Waals surface area contributed by atoms with Crippen molar-refractivity contribution in [3.8, 4) is 0 Å². The van der Waals surface area contributed by atoms with Gasteiger partial charge in [-0.3, -0.25) is 28.9 Å². The van der Waals surface area contributed by atoms with Crippen LogP contribution in [0.5, 0.6) is 0 Å². The van der Waals surface area contributed by atoms with Crippen LogP contribution >= 0.6 is 0 Å². The number of nitrogens with two attached hydrogens (primary N) is 2. The molecule has 0 heterocycles. The van der Waals surface area contributed by atoms with Crippen LogP contribution in [0, 0.1) is 23.7 Å². The van der Waals surface area contributed by atoms with E-state index in [1.54, 1.807) is 55.4 Å². The van der Waals surface area contributed by atoms with E-state index in [9.17, 15) is 33.9 Å². The predicted molar refractivity (Wildman–Crippen MR) is 142 cm³/mol. The fraction of sp³-hybridized carbons (Fsp3) is 0.769. The number of aliphatic carboxylic acids is 1. The fourth-order valence-electron chi connectivity index (χ4n) is 3.56. The van der Waals surface area contributed by atoms with E-state index in [1.165, 1.54) is 0 Å². The summed E-state index contributed by atoms with van der Waals surface area (Å²) in [5.74, 6) is -8.33. The van der Waals surface area contributed by atoms with E-state index in [2.05, 4.69) is 10.6 Å². The summed E-state index contributed by atoms with van der Waals surface area (Å²) >= 11 is 0. The van der Waals surface area contributed by atoms with Gasteiger partial charge in [-0.2, -0.15) is 0 Å². The van der Waals surface area contributed by atoms with E-state index >= 15 is 0 Å². The number of ketones is 1. The van der Waals surface area contributed by atoms with Gasteiger partial charge in [-0.1, -0.05) is 62.3 Å². The quantitative estimate of drug-likeness (QED) is 0.182. The molecule has 0 aliphatic rings. The Morgan fingerprint density at radius 1 is 0.789 bits per heavy atom. The van der Waals surface area contributed by atoms with Crippen molar-refractivity contribution in [1.29, 1.82) is 0 Å². The largest absolute Gasteiger partial charge is 0.480 e. The molecule has 12 nitrogen and oxygen atoms in total. The standard InChI is InChI=1S/C26H47N5O7/c1-10-11-16(32)24(35)31(25(36)19(14(6)7)29-22(33)18(28)13(4)5)21(17(27)12(2)3)23(34)30-20(15(8)9)26(37)38/h12-15,17-21H,10-11,27-28H2,1-9H3,(H,29,33)(H,30,34)(H,37,38)/t17-,18-,19-,20-,21-/m0/s1/i1D. The van der Waals surface area contributed by atoms with Gasteiger partial charge in [-0.25, -0.2) is 4.79 Å². The van der Waals surface area contributed by atoms with Crippen molar-refractivity contribution in [1.82, 2.24) is 15.5 Å². The Labute approximate surface area is 227 Å². The van der Waals surface area contributed by atoms with Crippen LogP contribution in [0.2, 0.25) is 0 Å². The third-order valence-corrected chi connectivity index (χ3v) is 6.26. The van der Waals surface area contributed by atoms with Gasteiger partial charge in [0.2, 0.25) is 17.6 Å². The highest BCUT2D eigenvalue weighted by Crippen LogP contribution is 2.19. The Balaban J connectivity index is 6.91. The summed E-state index contributed by atoms with van der Waals surface area (Å²) < 4.78 is 7.30. The highest BCUT2D eigenvalue weighted by atomic mass is 16.4. The molecule has 0 saturated heterocycles. The summed E-state index contributed by atoms with van der Waals surface area (Å²) in [6.45, 7) is 12.9. The molecule has 0 aromatic carbocycles. The molecule has 0 unspecified atom stereocenters. The second-order valence-electron chi connectivity index (χ2n) is 10.9. The third-order valence-electron chi connectivity index (χ3n) is 6.26. The molecule has 0 aliphatic carbocycles. The highest BCUT2D eigenvalue weighted by Gasteiger charge is 2.46. The van der Waals surface area contributed by atoms with E-state index < -0.39 is 83.3 Å². The molecule has 218 valence electrons. The van der Waals surface area contributed by atoms with Crippen molar-refractivity contribution < 1.29 is 35.2 Å². The Morgan fingerprint density at radius 2 is 1.29 bits per heavy atom. The minimum absolute atomic E-state index is 0.0434. The van der Waals surface area contributed by atoms with Crippen LogP contribution in [0.4, 0.5) is 0 Å². The average Bonchev–Trinajstić information content (AvgIpc) is 2.84. The Morgan fingerprint density at radius 3 is 1.68 bits per heavy atom. The van der Waals surface area contributed by atoms with Crippen molar-refractivity contribution in [3.63, 3.8) is 0 Å². The second kappa shape index (κ2) is 15.5. The van der Waals surface area contributed by atoms with Crippen molar-refractivity contribution in [2.75, 3.05) is 0 Å². The number of imide groups is 1. The van der Waals surface area contributed by atoms with Crippen LogP contribution < -0.4 is 22.1 Å². The molecular weight excluding hydrogens is 494 g/mol. The number of carboxylic acids is 1. The molecule has 0 aromatic heterocycles. The fourth-order valence-corrected chi connectivity index (χ4v) is 3.56. The smallest absolute Gasteiger partial charge is 0.326 e. The molecule has 0 saturated carbocycles. The summed E-state index contributed by atoms with van der Waals surface area (Å²) in [6.07, 6.45) is -0.306. The van der Waals surface area contributed by atoms with Crippen molar-refractivity contribution >= 4 is 35.4 Å². The first-order valence-electron chi connectivity index (χ1n) is 13.6. The van der Waals surface area contributed by atoms with Crippen molar-refractivity contribution in [3.05, 3.63) is 0 Å². The molecular formula is C26H47N5O7. The zero-order chi connectivity index (χ0) is 30.8. The van der Waals surface area contributed by atoms with Gasteiger partial charge in [-0.15, -0.1) is 0 Å². The molecule has 4 amide bonds. The van der Waals surface area contributed by atoms with Gasteiger partial charge in [0.05, 0.1) is 6.04 Å². The molecule has 0 fully saturated rings. The molecule has 0 spiro atoms. The summed E-state index contributed by atoms with van der Waals surface area (Å²) in [4.78, 5) is 78.8. The third kappa shape index (κ3) is 9.46. The summed E-state index contributed by atoms with van der Waals surface area (Å²) in [5, 5.41) is 14.5. The van der Waals surface area contributed by atoms with E-state index in [0.29, 0.717) is 4.90 Å². The number of carbonyl (C=O) groups excluding carboxylic acids is 5. The van der Waals surface area contributed by atoms with Gasteiger partial charge >= 0.3 is 5.97 Å². The highest BCUT2D eigenvalue weighted by molar-refractivity contribution is 6.39. The van der Waals surface area contributed by atoms with Crippen LogP contribution in [-0.2, 0) is 28.8 Å². The number of hydrogen-bond donors (Lipinski definition) is 5. The number of amides is 4. The number of Topliss-reactive ketones (excluding diaryl/α,β-unsaturated/α-hetero) is 1. The van der Waals surface area contributed by atoms with Crippen LogP contribution in [0.25, 0.3) is 0 Å². The first-order valence-corrected chi connectivity index (χ1v) is 12.9. The minimum atomic E-state index is -1.76. The molecule has 0 aromatic rings. The Hall–Kier alpha value is -2.86. The van der Waals surface area contributed by atoms with Gasteiger partial charge in [0.1, 0.15) is 18.1 Å². The first kappa shape index (κ1) is 33.2. The number of nitrogens with one attached hydrogen (secondary N) is 2. The lowest BCUT2D eigenvalue weighted by molar-refractivity contribution is -0.160. The molecule has 0 rings (SSSR count). The monoisotopic (exact) mass is 542 g/mol. The molecule has 0 radical (unpaired) electrons. The Kier molecular flexibility index (Phi) is 13.6. The number of carbonyl (C=O) groups is 6. The van der Waals surface area contributed by atoms with E-state index in [0.717, 1.165) is 0 Å². The number of rotatable bonds is 15. The van der Waals surface area contributed by atoms with E-state index in [1.807, 2.05) is 0 Å². The van der Waals surface area contributed by atoms with Gasteiger partial charge < -0.3 is 27.2 Å². The molecule has 7 N–H and O–H groups in total.